The zero-order valence-electron chi connectivity index (χ0n) is 12.5. The van der Waals surface area contributed by atoms with Crippen molar-refractivity contribution in [3.05, 3.63) is 0 Å². The molecule has 0 aromatic rings. The van der Waals surface area contributed by atoms with Gasteiger partial charge in [-0.15, -0.1) is 0 Å². The lowest BCUT2D eigenvalue weighted by molar-refractivity contribution is 0.830. The molecular weight excluding hydrogens is 413 g/mol. The summed E-state index contributed by atoms with van der Waals surface area (Å²) in [5.74, 6) is 9.61. The van der Waals surface area contributed by atoms with Gasteiger partial charge in [0.2, 0.25) is 0 Å². The highest BCUT2D eigenvalue weighted by atomic mass is 32.2. The van der Waals surface area contributed by atoms with E-state index in [1.165, 1.54) is 5.75 Å². The Kier molecular flexibility index (Phi) is 20.0. The van der Waals surface area contributed by atoms with Crippen LogP contribution >= 0.6 is 97.6 Å². The van der Waals surface area contributed by atoms with Gasteiger partial charge in [-0.1, -0.05) is 6.92 Å². The van der Waals surface area contributed by atoms with Gasteiger partial charge in [0.15, 0.2) is 0 Å². The lowest BCUT2D eigenvalue weighted by Gasteiger charge is -2.31. The third-order valence-corrected chi connectivity index (χ3v) is 10.5. The van der Waals surface area contributed by atoms with Gasteiger partial charge in [0.05, 0.1) is 0 Å². The van der Waals surface area contributed by atoms with E-state index in [-0.39, 0.29) is 0 Å². The molecule has 0 rings (SSSR count). The highest BCUT2D eigenvalue weighted by Crippen LogP contribution is 2.35. The van der Waals surface area contributed by atoms with E-state index in [1.807, 2.05) is 11.8 Å². The lowest BCUT2D eigenvalue weighted by atomic mass is 10.2. The van der Waals surface area contributed by atoms with Crippen LogP contribution in [0.2, 0.25) is 0 Å². The highest BCUT2D eigenvalue weighted by molar-refractivity contribution is 8.07. The molecule has 0 aliphatic heterocycles. The second kappa shape index (κ2) is 17.6. The zero-order chi connectivity index (χ0) is 15.9. The first kappa shape index (κ1) is 23.8. The van der Waals surface area contributed by atoms with E-state index >= 15 is 0 Å². The molecule has 0 radical (unpaired) electrons. The van der Waals surface area contributed by atoms with Crippen molar-refractivity contribution in [2.75, 3.05) is 51.8 Å². The molecule has 0 heterocycles. The fourth-order valence-corrected chi connectivity index (χ4v) is 8.33. The van der Waals surface area contributed by atoms with Crippen molar-refractivity contribution in [3.8, 4) is 0 Å². The van der Waals surface area contributed by atoms with Crippen molar-refractivity contribution in [1.29, 1.82) is 0 Å². The van der Waals surface area contributed by atoms with Crippen LogP contribution in [-0.2, 0) is 0 Å². The average molecular weight is 441 g/mol. The van der Waals surface area contributed by atoms with Crippen LogP contribution in [0.1, 0.15) is 6.92 Å². The van der Waals surface area contributed by atoms with Gasteiger partial charge < -0.3 is 0 Å². The van der Waals surface area contributed by atoms with Crippen LogP contribution in [0.3, 0.4) is 0 Å². The number of hydrogen-bond donors (Lipinski definition) is 4. The van der Waals surface area contributed by atoms with Crippen molar-refractivity contribution in [2.24, 2.45) is 0 Å². The standard InChI is InChI=1S/C13H28S8/c1-11(19-7-3-15)13(21-9-5-17)12(20-8-4-16)10-18-6-2-14/h11-17H,2-10H2,1H3. The molecule has 0 aliphatic carbocycles. The molecule has 0 bridgehead atoms. The Labute approximate surface area is 170 Å². The minimum Gasteiger partial charge on any atom is -0.179 e. The molecule has 0 spiro atoms. The summed E-state index contributed by atoms with van der Waals surface area (Å²) >= 11 is 25.7. The van der Waals surface area contributed by atoms with E-state index in [0.29, 0.717) is 15.7 Å². The summed E-state index contributed by atoms with van der Waals surface area (Å²) in [5, 5.41) is 2.03. The predicted molar refractivity (Wildman–Crippen MR) is 127 cm³/mol. The fraction of sp³-hybridized carbons (Fsp3) is 1.00. The predicted octanol–water partition coefficient (Wildman–Crippen LogP) is 4.76. The van der Waals surface area contributed by atoms with Gasteiger partial charge >= 0.3 is 0 Å². The van der Waals surface area contributed by atoms with Crippen molar-refractivity contribution >= 4 is 97.6 Å². The van der Waals surface area contributed by atoms with Crippen molar-refractivity contribution in [2.45, 2.75) is 22.7 Å². The molecule has 0 fully saturated rings. The van der Waals surface area contributed by atoms with E-state index in [9.17, 15) is 0 Å². The molecule has 128 valence electrons. The highest BCUT2D eigenvalue weighted by Gasteiger charge is 2.27. The minimum absolute atomic E-state index is 0.663. The maximum absolute atomic E-state index is 4.38. The maximum Gasteiger partial charge on any atom is 0.0290 e. The smallest absolute Gasteiger partial charge is 0.0290 e. The molecule has 0 nitrogen and oxygen atoms in total. The summed E-state index contributed by atoms with van der Waals surface area (Å²) < 4.78 is 0. The molecule has 3 unspecified atom stereocenters. The Morgan fingerprint density at radius 1 is 0.714 bits per heavy atom. The second-order valence-corrected chi connectivity index (χ2v) is 11.3. The van der Waals surface area contributed by atoms with Crippen LogP contribution in [0, 0.1) is 0 Å². The Bertz CT molecular complexity index is 216. The number of thiol groups is 4. The Hall–Kier alpha value is 2.80. The molecule has 0 N–H and O–H groups in total. The molecule has 3 atom stereocenters. The summed E-state index contributed by atoms with van der Waals surface area (Å²) in [5.41, 5.74) is 0. The van der Waals surface area contributed by atoms with Crippen LogP contribution in [-0.4, -0.2) is 67.5 Å². The monoisotopic (exact) mass is 440 g/mol. The molecule has 0 saturated carbocycles. The maximum atomic E-state index is 4.38. The summed E-state index contributed by atoms with van der Waals surface area (Å²) in [4.78, 5) is 0. The fourth-order valence-electron chi connectivity index (χ4n) is 1.77. The molecule has 0 aliphatic rings. The van der Waals surface area contributed by atoms with Crippen LogP contribution < -0.4 is 0 Å². The topological polar surface area (TPSA) is 0 Å². The third kappa shape index (κ3) is 12.8. The van der Waals surface area contributed by atoms with E-state index in [1.54, 1.807) is 0 Å². The number of rotatable bonds is 15. The van der Waals surface area contributed by atoms with Gasteiger partial charge in [0, 0.05) is 44.5 Å². The summed E-state index contributed by atoms with van der Waals surface area (Å²) in [6.07, 6.45) is 0. The van der Waals surface area contributed by atoms with Crippen LogP contribution in [0.4, 0.5) is 0 Å². The molecule has 0 aromatic heterocycles. The zero-order valence-corrected chi connectivity index (χ0v) is 19.4. The molecular formula is C13H28S8. The van der Waals surface area contributed by atoms with Crippen LogP contribution in [0.5, 0.6) is 0 Å². The summed E-state index contributed by atoms with van der Waals surface area (Å²) in [6, 6.07) is 0. The van der Waals surface area contributed by atoms with Crippen molar-refractivity contribution < 1.29 is 0 Å². The summed E-state index contributed by atoms with van der Waals surface area (Å²) in [7, 11) is 0. The second-order valence-electron chi connectivity index (χ2n) is 4.29. The third-order valence-electron chi connectivity index (χ3n) is 2.64. The largest absolute Gasteiger partial charge is 0.179 e. The van der Waals surface area contributed by atoms with Gasteiger partial charge in [0.25, 0.3) is 0 Å². The Balaban J connectivity index is 4.60. The number of hydrogen-bond acceptors (Lipinski definition) is 8. The van der Waals surface area contributed by atoms with Gasteiger partial charge in [0.1, 0.15) is 0 Å². The first-order chi connectivity index (χ1) is 10.2. The minimum atomic E-state index is 0.663. The van der Waals surface area contributed by atoms with Gasteiger partial charge in [-0.25, -0.2) is 0 Å². The van der Waals surface area contributed by atoms with Gasteiger partial charge in [-0.3, -0.25) is 0 Å². The van der Waals surface area contributed by atoms with Gasteiger partial charge in [-0.2, -0.15) is 97.6 Å². The van der Waals surface area contributed by atoms with E-state index in [2.05, 4.69) is 92.7 Å². The molecule has 0 aromatic carbocycles. The molecule has 8 heteroatoms. The Morgan fingerprint density at radius 3 is 1.81 bits per heavy atom. The van der Waals surface area contributed by atoms with E-state index in [0.717, 1.165) is 46.0 Å². The Morgan fingerprint density at radius 2 is 1.24 bits per heavy atom. The number of thioether (sulfide) groups is 4. The normalized spacial score (nSPS) is 15.9. The van der Waals surface area contributed by atoms with Crippen molar-refractivity contribution in [3.63, 3.8) is 0 Å². The van der Waals surface area contributed by atoms with Crippen molar-refractivity contribution in [1.82, 2.24) is 0 Å². The van der Waals surface area contributed by atoms with E-state index in [4.69, 9.17) is 0 Å². The quantitative estimate of drug-likeness (QED) is 0.214. The first-order valence-corrected chi connectivity index (χ1v) is 13.9. The molecule has 0 saturated heterocycles. The average Bonchev–Trinajstić information content (AvgIpc) is 2.50. The molecule has 21 heavy (non-hydrogen) atoms. The van der Waals surface area contributed by atoms with Gasteiger partial charge in [-0.05, 0) is 23.0 Å². The SMILES string of the molecule is CC(SCCS)C(SCCS)C(CSCCS)SCCS. The van der Waals surface area contributed by atoms with Crippen LogP contribution in [0.25, 0.3) is 0 Å². The molecule has 0 amide bonds. The van der Waals surface area contributed by atoms with E-state index < -0.39 is 0 Å². The first-order valence-electron chi connectivity index (χ1n) is 7.07. The summed E-state index contributed by atoms with van der Waals surface area (Å²) in [6.45, 7) is 2.38. The lowest BCUT2D eigenvalue weighted by Crippen LogP contribution is -2.32. The van der Waals surface area contributed by atoms with Crippen LogP contribution in [0.15, 0.2) is 0 Å².